The fourth-order valence-electron chi connectivity index (χ4n) is 5.12. The number of hydrogen-bond acceptors (Lipinski definition) is 2. The summed E-state index contributed by atoms with van der Waals surface area (Å²) in [7, 11) is 0. The molecule has 19 heavy (non-hydrogen) atoms. The van der Waals surface area contributed by atoms with E-state index in [0.29, 0.717) is 18.3 Å². The largest absolute Gasteiger partial charge is 0.458 e. The molecule has 104 valence electrons. The van der Waals surface area contributed by atoms with Gasteiger partial charge in [0.25, 0.3) is 0 Å². The molecule has 0 aromatic rings. The molecule has 2 heteroatoms. The molecule has 0 aromatic carbocycles. The molecule has 4 fully saturated rings. The molecule has 2 nitrogen and oxygen atoms in total. The van der Waals surface area contributed by atoms with E-state index in [9.17, 15) is 4.79 Å². The van der Waals surface area contributed by atoms with Crippen LogP contribution in [-0.4, -0.2) is 11.6 Å². The van der Waals surface area contributed by atoms with Gasteiger partial charge in [-0.3, -0.25) is 4.79 Å². The van der Waals surface area contributed by atoms with Crippen molar-refractivity contribution in [1.29, 1.82) is 0 Å². The van der Waals surface area contributed by atoms with Crippen LogP contribution in [0.25, 0.3) is 0 Å². The van der Waals surface area contributed by atoms with Crippen LogP contribution in [0, 0.1) is 23.7 Å². The Morgan fingerprint density at radius 1 is 1.05 bits per heavy atom. The van der Waals surface area contributed by atoms with E-state index in [1.807, 2.05) is 6.08 Å². The molecule has 0 N–H and O–H groups in total. The van der Waals surface area contributed by atoms with Crippen molar-refractivity contribution in [2.75, 3.05) is 0 Å². The third-order valence-corrected chi connectivity index (χ3v) is 5.60. The van der Waals surface area contributed by atoms with Crippen LogP contribution in [-0.2, 0) is 9.53 Å². The first-order chi connectivity index (χ1) is 9.18. The highest BCUT2D eigenvalue weighted by Crippen LogP contribution is 2.60. The molecule has 0 saturated heterocycles. The van der Waals surface area contributed by atoms with Gasteiger partial charge in [-0.1, -0.05) is 12.2 Å². The average Bonchev–Trinajstić information content (AvgIpc) is 2.35. The van der Waals surface area contributed by atoms with Crippen LogP contribution in [0.5, 0.6) is 0 Å². The zero-order valence-corrected chi connectivity index (χ0v) is 11.6. The maximum atomic E-state index is 12.0. The average molecular weight is 260 g/mol. The fourth-order valence-corrected chi connectivity index (χ4v) is 5.12. The van der Waals surface area contributed by atoms with Crippen molar-refractivity contribution < 1.29 is 9.53 Å². The van der Waals surface area contributed by atoms with Crippen LogP contribution in [0.4, 0.5) is 0 Å². The Bertz CT molecular complexity index is 368. The topological polar surface area (TPSA) is 26.3 Å². The number of carbonyl (C=O) groups excluding carboxylic acids is 1. The summed E-state index contributed by atoms with van der Waals surface area (Å²) in [6.45, 7) is 7.53. The molecular formula is C17H24O2. The Kier molecular flexibility index (Phi) is 3.28. The standard InChI is InChI=1S/C17H24O2/c1-3-5-16(18)19-17(6-4-2)14-8-12-7-13(10-14)11-15(17)9-12/h3-4,12-15H,1-2,5-11H2. The van der Waals surface area contributed by atoms with Crippen LogP contribution in [0.1, 0.15) is 44.9 Å². The zero-order valence-electron chi connectivity index (χ0n) is 11.6. The summed E-state index contributed by atoms with van der Waals surface area (Å²) >= 11 is 0. The smallest absolute Gasteiger partial charge is 0.310 e. The van der Waals surface area contributed by atoms with Crippen LogP contribution in [0.15, 0.2) is 25.3 Å². The second-order valence-electron chi connectivity index (χ2n) is 6.72. The third-order valence-electron chi connectivity index (χ3n) is 5.60. The van der Waals surface area contributed by atoms with E-state index in [1.165, 1.54) is 32.1 Å². The van der Waals surface area contributed by atoms with Crippen molar-refractivity contribution in [2.24, 2.45) is 23.7 Å². The Morgan fingerprint density at radius 2 is 1.63 bits per heavy atom. The normalized spacial score (nSPS) is 42.9. The molecular weight excluding hydrogens is 236 g/mol. The minimum Gasteiger partial charge on any atom is -0.458 e. The maximum absolute atomic E-state index is 12.0. The predicted octanol–water partition coefficient (Wildman–Crippen LogP) is 3.88. The van der Waals surface area contributed by atoms with Gasteiger partial charge in [0.15, 0.2) is 0 Å². The SMILES string of the molecule is C=CCC(=O)OC1(CC=C)C2CC3CC(C2)CC1C3. The summed E-state index contributed by atoms with van der Waals surface area (Å²) in [5.74, 6) is 2.80. The zero-order chi connectivity index (χ0) is 13.5. The molecule has 0 heterocycles. The first-order valence-corrected chi connectivity index (χ1v) is 7.61. The molecule has 0 unspecified atom stereocenters. The second kappa shape index (κ2) is 4.81. The predicted molar refractivity (Wildman–Crippen MR) is 75.5 cm³/mol. The van der Waals surface area contributed by atoms with Gasteiger partial charge in [0.1, 0.15) is 5.60 Å². The lowest BCUT2D eigenvalue weighted by Crippen LogP contribution is -2.59. The monoisotopic (exact) mass is 260 g/mol. The number of esters is 1. The van der Waals surface area contributed by atoms with E-state index in [2.05, 4.69) is 13.2 Å². The quantitative estimate of drug-likeness (QED) is 0.554. The molecule has 4 saturated carbocycles. The van der Waals surface area contributed by atoms with Crippen LogP contribution >= 0.6 is 0 Å². The van der Waals surface area contributed by atoms with E-state index in [1.54, 1.807) is 6.08 Å². The van der Waals surface area contributed by atoms with E-state index < -0.39 is 0 Å². The van der Waals surface area contributed by atoms with Gasteiger partial charge in [-0.15, -0.1) is 13.2 Å². The fraction of sp³-hybridized carbons (Fsp3) is 0.706. The van der Waals surface area contributed by atoms with Gasteiger partial charge >= 0.3 is 5.97 Å². The van der Waals surface area contributed by atoms with Crippen molar-refractivity contribution >= 4 is 5.97 Å². The van der Waals surface area contributed by atoms with Gasteiger partial charge < -0.3 is 4.74 Å². The van der Waals surface area contributed by atoms with Crippen molar-refractivity contribution in [2.45, 2.75) is 50.5 Å². The maximum Gasteiger partial charge on any atom is 0.310 e. The summed E-state index contributed by atoms with van der Waals surface area (Å²) in [4.78, 5) is 12.0. The second-order valence-corrected chi connectivity index (χ2v) is 6.72. The van der Waals surface area contributed by atoms with Crippen molar-refractivity contribution in [3.63, 3.8) is 0 Å². The summed E-state index contributed by atoms with van der Waals surface area (Å²) in [5, 5.41) is 0. The minimum atomic E-state index is -0.241. The Balaban J connectivity index is 1.85. The van der Waals surface area contributed by atoms with Crippen LogP contribution < -0.4 is 0 Å². The van der Waals surface area contributed by atoms with E-state index in [-0.39, 0.29) is 11.6 Å². The molecule has 0 aliphatic heterocycles. The molecule has 0 atom stereocenters. The van der Waals surface area contributed by atoms with Gasteiger partial charge in [0, 0.05) is 6.42 Å². The molecule has 4 bridgehead atoms. The van der Waals surface area contributed by atoms with E-state index in [4.69, 9.17) is 4.74 Å². The van der Waals surface area contributed by atoms with Crippen molar-refractivity contribution in [1.82, 2.24) is 0 Å². The Labute approximate surface area is 115 Å². The summed E-state index contributed by atoms with van der Waals surface area (Å²) in [5.41, 5.74) is -0.241. The van der Waals surface area contributed by atoms with Crippen LogP contribution in [0.2, 0.25) is 0 Å². The summed E-state index contributed by atoms with van der Waals surface area (Å²) < 4.78 is 6.01. The molecule has 0 aromatic heterocycles. The highest BCUT2D eigenvalue weighted by Gasteiger charge is 2.58. The first kappa shape index (κ1) is 13.0. The highest BCUT2D eigenvalue weighted by atomic mass is 16.6. The van der Waals surface area contributed by atoms with Crippen LogP contribution in [0.3, 0.4) is 0 Å². The molecule has 0 radical (unpaired) electrons. The number of carbonyl (C=O) groups is 1. The molecule has 0 spiro atoms. The van der Waals surface area contributed by atoms with Gasteiger partial charge in [0.2, 0.25) is 0 Å². The lowest BCUT2D eigenvalue weighted by Gasteiger charge is -2.60. The number of hydrogen-bond donors (Lipinski definition) is 0. The van der Waals surface area contributed by atoms with Crippen molar-refractivity contribution in [3.8, 4) is 0 Å². The van der Waals surface area contributed by atoms with Gasteiger partial charge in [-0.25, -0.2) is 0 Å². The molecule has 0 amide bonds. The number of ether oxygens (including phenoxy) is 1. The van der Waals surface area contributed by atoms with E-state index in [0.717, 1.165) is 18.3 Å². The lowest BCUT2D eigenvalue weighted by atomic mass is 9.49. The van der Waals surface area contributed by atoms with Crippen molar-refractivity contribution in [3.05, 3.63) is 25.3 Å². The Morgan fingerprint density at radius 3 is 2.11 bits per heavy atom. The molecule has 4 aliphatic rings. The lowest BCUT2D eigenvalue weighted by molar-refractivity contribution is -0.207. The summed E-state index contributed by atoms with van der Waals surface area (Å²) in [6.07, 6.45) is 11.2. The highest BCUT2D eigenvalue weighted by molar-refractivity contribution is 5.71. The minimum absolute atomic E-state index is 0.107. The summed E-state index contributed by atoms with van der Waals surface area (Å²) in [6, 6.07) is 0. The van der Waals surface area contributed by atoms with Gasteiger partial charge in [-0.2, -0.15) is 0 Å². The van der Waals surface area contributed by atoms with E-state index >= 15 is 0 Å². The van der Waals surface area contributed by atoms with Gasteiger partial charge in [0.05, 0.1) is 6.42 Å². The molecule has 4 rings (SSSR count). The Hall–Kier alpha value is -1.05. The van der Waals surface area contributed by atoms with Gasteiger partial charge in [-0.05, 0) is 55.8 Å². The third kappa shape index (κ3) is 2.05. The number of rotatable bonds is 5. The molecule has 4 aliphatic carbocycles. The first-order valence-electron chi connectivity index (χ1n) is 7.61.